The smallest absolute Gasteiger partial charge is 0.253 e. The number of carbonyl (C=O) groups excluding carboxylic acids is 1. The van der Waals surface area contributed by atoms with E-state index in [2.05, 4.69) is 28.2 Å². The Labute approximate surface area is 124 Å². The lowest BCUT2D eigenvalue weighted by molar-refractivity contribution is 0.0954. The quantitative estimate of drug-likeness (QED) is 0.557. The van der Waals surface area contributed by atoms with Gasteiger partial charge >= 0.3 is 0 Å². The van der Waals surface area contributed by atoms with E-state index in [1.54, 1.807) is 12.1 Å². The van der Waals surface area contributed by atoms with Crippen LogP contribution in [0.1, 0.15) is 55.8 Å². The van der Waals surface area contributed by atoms with E-state index in [0.29, 0.717) is 11.3 Å². The second-order valence-electron chi connectivity index (χ2n) is 4.76. The third-order valence-electron chi connectivity index (χ3n) is 3.08. The van der Waals surface area contributed by atoms with Crippen LogP contribution in [0, 0.1) is 0 Å². The SMILES string of the molecule is CCCCCCCCNC(=O)c1cc(Br)ccc1N. The highest BCUT2D eigenvalue weighted by molar-refractivity contribution is 9.10. The van der Waals surface area contributed by atoms with Crippen molar-refractivity contribution in [1.29, 1.82) is 0 Å². The zero-order chi connectivity index (χ0) is 14.1. The zero-order valence-corrected chi connectivity index (χ0v) is 13.1. The highest BCUT2D eigenvalue weighted by atomic mass is 79.9. The van der Waals surface area contributed by atoms with Crippen molar-refractivity contribution in [2.24, 2.45) is 0 Å². The average Bonchev–Trinajstić information content (AvgIpc) is 2.40. The number of benzene rings is 1. The Kier molecular flexibility index (Phi) is 7.56. The third kappa shape index (κ3) is 6.10. The minimum absolute atomic E-state index is 0.0904. The van der Waals surface area contributed by atoms with Crippen molar-refractivity contribution in [3.05, 3.63) is 28.2 Å². The number of amides is 1. The maximum Gasteiger partial charge on any atom is 0.253 e. The fourth-order valence-corrected chi connectivity index (χ4v) is 2.29. The number of nitrogens with one attached hydrogen (secondary N) is 1. The van der Waals surface area contributed by atoms with Crippen LogP contribution < -0.4 is 11.1 Å². The fraction of sp³-hybridized carbons (Fsp3) is 0.533. The van der Waals surface area contributed by atoms with Gasteiger partial charge in [0.2, 0.25) is 0 Å². The topological polar surface area (TPSA) is 55.1 Å². The van der Waals surface area contributed by atoms with Crippen molar-refractivity contribution in [1.82, 2.24) is 5.32 Å². The maximum atomic E-state index is 11.9. The molecule has 0 aliphatic carbocycles. The summed E-state index contributed by atoms with van der Waals surface area (Å²) in [5, 5.41) is 2.92. The lowest BCUT2D eigenvalue weighted by Crippen LogP contribution is -2.25. The summed E-state index contributed by atoms with van der Waals surface area (Å²) in [5.74, 6) is -0.0904. The zero-order valence-electron chi connectivity index (χ0n) is 11.5. The monoisotopic (exact) mass is 326 g/mol. The molecule has 19 heavy (non-hydrogen) atoms. The molecule has 3 N–H and O–H groups in total. The van der Waals surface area contributed by atoms with E-state index in [1.807, 2.05) is 6.07 Å². The van der Waals surface area contributed by atoms with Gasteiger partial charge in [-0.25, -0.2) is 0 Å². The van der Waals surface area contributed by atoms with Gasteiger partial charge in [-0.3, -0.25) is 4.79 Å². The molecule has 0 saturated heterocycles. The lowest BCUT2D eigenvalue weighted by atomic mass is 10.1. The lowest BCUT2D eigenvalue weighted by Gasteiger charge is -2.08. The van der Waals surface area contributed by atoms with Gasteiger partial charge in [-0.15, -0.1) is 0 Å². The summed E-state index contributed by atoms with van der Waals surface area (Å²) in [6.07, 6.45) is 7.32. The molecule has 0 aromatic heterocycles. The molecule has 0 aliphatic rings. The first-order valence-corrected chi connectivity index (χ1v) is 7.77. The number of carbonyl (C=O) groups is 1. The highest BCUT2D eigenvalue weighted by Gasteiger charge is 2.09. The molecule has 1 aromatic carbocycles. The number of nitrogens with two attached hydrogens (primary N) is 1. The molecule has 0 spiro atoms. The van der Waals surface area contributed by atoms with Crippen LogP contribution in [0.3, 0.4) is 0 Å². The van der Waals surface area contributed by atoms with E-state index in [9.17, 15) is 4.79 Å². The van der Waals surface area contributed by atoms with Gasteiger partial charge in [0.1, 0.15) is 0 Å². The van der Waals surface area contributed by atoms with Crippen LogP contribution in [0.2, 0.25) is 0 Å². The maximum absolute atomic E-state index is 11.9. The van der Waals surface area contributed by atoms with E-state index in [1.165, 1.54) is 32.1 Å². The molecule has 0 heterocycles. The van der Waals surface area contributed by atoms with Gasteiger partial charge in [0.15, 0.2) is 0 Å². The van der Waals surface area contributed by atoms with Gasteiger partial charge in [0.05, 0.1) is 5.56 Å². The molecule has 0 unspecified atom stereocenters. The summed E-state index contributed by atoms with van der Waals surface area (Å²) in [6.45, 7) is 2.93. The molecular weight excluding hydrogens is 304 g/mol. The minimum Gasteiger partial charge on any atom is -0.398 e. The fourth-order valence-electron chi connectivity index (χ4n) is 1.93. The number of hydrogen-bond donors (Lipinski definition) is 2. The molecule has 106 valence electrons. The molecule has 3 nitrogen and oxygen atoms in total. The molecule has 1 amide bonds. The normalized spacial score (nSPS) is 10.4. The van der Waals surface area contributed by atoms with E-state index in [-0.39, 0.29) is 5.91 Å². The molecule has 0 fully saturated rings. The molecular formula is C15H23BrN2O. The minimum atomic E-state index is -0.0904. The standard InChI is InChI=1S/C15H23BrN2O/c1-2-3-4-5-6-7-10-18-15(19)13-11-12(16)8-9-14(13)17/h8-9,11H,2-7,10,17H2,1H3,(H,18,19). The largest absolute Gasteiger partial charge is 0.398 e. The van der Waals surface area contributed by atoms with E-state index in [0.717, 1.165) is 17.4 Å². The van der Waals surface area contributed by atoms with Crippen molar-refractivity contribution in [2.75, 3.05) is 12.3 Å². The van der Waals surface area contributed by atoms with Gasteiger partial charge in [-0.2, -0.15) is 0 Å². The van der Waals surface area contributed by atoms with E-state index < -0.39 is 0 Å². The summed E-state index contributed by atoms with van der Waals surface area (Å²) in [7, 11) is 0. The Morgan fingerprint density at radius 3 is 2.63 bits per heavy atom. The molecule has 0 atom stereocenters. The summed E-state index contributed by atoms with van der Waals surface area (Å²) >= 11 is 3.35. The first-order chi connectivity index (χ1) is 9.15. The Balaban J connectivity index is 2.26. The number of halogens is 1. The average molecular weight is 327 g/mol. The van der Waals surface area contributed by atoms with Gasteiger partial charge < -0.3 is 11.1 Å². The Morgan fingerprint density at radius 2 is 1.89 bits per heavy atom. The van der Waals surface area contributed by atoms with Crippen molar-refractivity contribution in [3.8, 4) is 0 Å². The van der Waals surface area contributed by atoms with Gasteiger partial charge in [0, 0.05) is 16.7 Å². The number of nitrogen functional groups attached to an aromatic ring is 1. The van der Waals surface area contributed by atoms with Crippen LogP contribution >= 0.6 is 15.9 Å². The van der Waals surface area contributed by atoms with Crippen LogP contribution in [0.5, 0.6) is 0 Å². The van der Waals surface area contributed by atoms with Crippen LogP contribution in [0.15, 0.2) is 22.7 Å². The number of rotatable bonds is 8. The Hall–Kier alpha value is -1.03. The summed E-state index contributed by atoms with van der Waals surface area (Å²) in [5.41, 5.74) is 6.85. The number of anilines is 1. The summed E-state index contributed by atoms with van der Waals surface area (Å²) in [4.78, 5) is 11.9. The second-order valence-corrected chi connectivity index (χ2v) is 5.67. The third-order valence-corrected chi connectivity index (χ3v) is 3.57. The number of hydrogen-bond acceptors (Lipinski definition) is 2. The molecule has 1 aromatic rings. The van der Waals surface area contributed by atoms with Crippen LogP contribution in [-0.2, 0) is 0 Å². The van der Waals surface area contributed by atoms with Crippen LogP contribution in [0.4, 0.5) is 5.69 Å². The van der Waals surface area contributed by atoms with Crippen LogP contribution in [-0.4, -0.2) is 12.5 Å². The summed E-state index contributed by atoms with van der Waals surface area (Å²) < 4.78 is 0.867. The predicted octanol–water partition coefficient (Wildman–Crippen LogP) is 4.12. The molecule has 1 rings (SSSR count). The van der Waals surface area contributed by atoms with Gasteiger partial charge in [-0.05, 0) is 24.6 Å². The number of unbranched alkanes of at least 4 members (excludes halogenated alkanes) is 5. The predicted molar refractivity (Wildman–Crippen MR) is 84.3 cm³/mol. The van der Waals surface area contributed by atoms with Crippen molar-refractivity contribution in [3.63, 3.8) is 0 Å². The highest BCUT2D eigenvalue weighted by Crippen LogP contribution is 2.18. The van der Waals surface area contributed by atoms with Crippen molar-refractivity contribution < 1.29 is 4.79 Å². The first kappa shape index (κ1) is 16.0. The van der Waals surface area contributed by atoms with E-state index >= 15 is 0 Å². The Morgan fingerprint density at radius 1 is 1.21 bits per heavy atom. The van der Waals surface area contributed by atoms with Crippen LogP contribution in [0.25, 0.3) is 0 Å². The van der Waals surface area contributed by atoms with Gasteiger partial charge in [0.25, 0.3) is 5.91 Å². The first-order valence-electron chi connectivity index (χ1n) is 6.98. The Bertz CT molecular complexity index is 407. The summed E-state index contributed by atoms with van der Waals surface area (Å²) in [6, 6.07) is 5.33. The van der Waals surface area contributed by atoms with Crippen molar-refractivity contribution in [2.45, 2.75) is 45.4 Å². The van der Waals surface area contributed by atoms with E-state index in [4.69, 9.17) is 5.73 Å². The molecule has 0 radical (unpaired) electrons. The molecule has 0 aliphatic heterocycles. The molecule has 0 saturated carbocycles. The second kappa shape index (κ2) is 8.97. The molecule has 4 heteroatoms. The molecule has 0 bridgehead atoms. The van der Waals surface area contributed by atoms with Crippen molar-refractivity contribution >= 4 is 27.5 Å². The van der Waals surface area contributed by atoms with Gasteiger partial charge in [-0.1, -0.05) is 55.0 Å².